The van der Waals surface area contributed by atoms with Gasteiger partial charge in [0.2, 0.25) is 0 Å². The highest BCUT2D eigenvalue weighted by atomic mass is 32.1. The third-order valence-corrected chi connectivity index (χ3v) is 4.64. The molecule has 6 heteroatoms. The average Bonchev–Trinajstić information content (AvgIpc) is 3.05. The predicted octanol–water partition coefficient (Wildman–Crippen LogP) is 2.89. The highest BCUT2D eigenvalue weighted by molar-refractivity contribution is 7.17. The van der Waals surface area contributed by atoms with E-state index >= 15 is 0 Å². The summed E-state index contributed by atoms with van der Waals surface area (Å²) in [6, 6.07) is 5.83. The molecule has 5 nitrogen and oxygen atoms in total. The van der Waals surface area contributed by atoms with Gasteiger partial charge in [-0.05, 0) is 31.7 Å². The van der Waals surface area contributed by atoms with Gasteiger partial charge in [0, 0.05) is 22.6 Å². The van der Waals surface area contributed by atoms with Crippen molar-refractivity contribution in [2.45, 2.75) is 13.3 Å². The van der Waals surface area contributed by atoms with E-state index in [-0.39, 0.29) is 0 Å². The second kappa shape index (κ2) is 5.98. The number of rotatable bonds is 5. The number of imidazole rings is 1. The molecule has 0 aliphatic heterocycles. The Balaban J connectivity index is 2.29. The normalized spacial score (nSPS) is 11.1. The molecule has 0 aliphatic rings. The number of fused-ring (bicyclic) bond motifs is 1. The van der Waals surface area contributed by atoms with Crippen LogP contribution < -0.4 is 15.2 Å². The van der Waals surface area contributed by atoms with Crippen LogP contribution in [0.2, 0.25) is 0 Å². The molecule has 1 aromatic carbocycles. The van der Waals surface area contributed by atoms with E-state index in [1.54, 1.807) is 25.6 Å². The summed E-state index contributed by atoms with van der Waals surface area (Å²) in [5.41, 5.74) is 8.93. The van der Waals surface area contributed by atoms with Crippen molar-refractivity contribution in [3.63, 3.8) is 0 Å². The van der Waals surface area contributed by atoms with Gasteiger partial charge in [-0.3, -0.25) is 4.40 Å². The summed E-state index contributed by atoms with van der Waals surface area (Å²) < 4.78 is 13.1. The molecule has 0 amide bonds. The molecule has 0 bridgehead atoms. The first kappa shape index (κ1) is 14.9. The monoisotopic (exact) mass is 317 g/mol. The Bertz CT molecular complexity index is 807. The molecule has 0 saturated heterocycles. The molecule has 22 heavy (non-hydrogen) atoms. The molecule has 0 fully saturated rings. The van der Waals surface area contributed by atoms with Gasteiger partial charge >= 0.3 is 0 Å². The van der Waals surface area contributed by atoms with Crippen molar-refractivity contribution in [3.8, 4) is 22.8 Å². The zero-order valence-electron chi connectivity index (χ0n) is 12.9. The van der Waals surface area contributed by atoms with E-state index in [0.29, 0.717) is 6.54 Å². The maximum Gasteiger partial charge on any atom is 0.194 e. The Kier molecular flexibility index (Phi) is 4.04. The van der Waals surface area contributed by atoms with Gasteiger partial charge in [-0.2, -0.15) is 0 Å². The lowest BCUT2D eigenvalue weighted by molar-refractivity contribution is 0.404. The van der Waals surface area contributed by atoms with E-state index in [0.717, 1.165) is 39.8 Å². The summed E-state index contributed by atoms with van der Waals surface area (Å²) in [6.45, 7) is 2.69. The molecule has 0 aliphatic carbocycles. The minimum absolute atomic E-state index is 0.595. The van der Waals surface area contributed by atoms with Crippen molar-refractivity contribution in [1.82, 2.24) is 9.38 Å². The van der Waals surface area contributed by atoms with Gasteiger partial charge in [-0.15, -0.1) is 11.3 Å². The van der Waals surface area contributed by atoms with Crippen molar-refractivity contribution in [1.29, 1.82) is 0 Å². The largest absolute Gasteiger partial charge is 0.497 e. The molecular formula is C16H19N3O2S. The average molecular weight is 317 g/mol. The highest BCUT2D eigenvalue weighted by Gasteiger charge is 2.19. The maximum atomic E-state index is 5.73. The van der Waals surface area contributed by atoms with Crippen LogP contribution in [0.15, 0.2) is 24.4 Å². The third-order valence-electron chi connectivity index (χ3n) is 3.67. The zero-order valence-corrected chi connectivity index (χ0v) is 13.7. The van der Waals surface area contributed by atoms with Crippen molar-refractivity contribution in [2.75, 3.05) is 20.8 Å². The molecule has 2 heterocycles. The number of ether oxygens (including phenoxy) is 2. The van der Waals surface area contributed by atoms with Gasteiger partial charge in [0.05, 0.1) is 26.1 Å². The quantitative estimate of drug-likeness (QED) is 0.786. The summed E-state index contributed by atoms with van der Waals surface area (Å²) in [5, 5.41) is 0. The summed E-state index contributed by atoms with van der Waals surface area (Å²) in [7, 11) is 3.34. The van der Waals surface area contributed by atoms with Crippen LogP contribution in [-0.4, -0.2) is 30.1 Å². The minimum Gasteiger partial charge on any atom is -0.497 e. The van der Waals surface area contributed by atoms with E-state index in [1.807, 2.05) is 24.4 Å². The third kappa shape index (κ3) is 2.34. The lowest BCUT2D eigenvalue weighted by Gasteiger charge is -2.12. The first-order valence-electron chi connectivity index (χ1n) is 7.07. The Morgan fingerprint density at radius 1 is 1.27 bits per heavy atom. The molecule has 2 aromatic heterocycles. The van der Waals surface area contributed by atoms with Gasteiger partial charge in [-0.25, -0.2) is 4.98 Å². The van der Waals surface area contributed by atoms with E-state index in [2.05, 4.69) is 16.3 Å². The second-order valence-corrected chi connectivity index (χ2v) is 6.16. The van der Waals surface area contributed by atoms with Crippen molar-refractivity contribution in [2.24, 2.45) is 5.73 Å². The van der Waals surface area contributed by atoms with Crippen LogP contribution in [0, 0.1) is 6.92 Å². The molecule has 0 saturated carbocycles. The van der Waals surface area contributed by atoms with Crippen molar-refractivity contribution in [3.05, 3.63) is 35.0 Å². The highest BCUT2D eigenvalue weighted by Crippen LogP contribution is 2.39. The molecular weight excluding hydrogens is 298 g/mol. The number of benzene rings is 1. The Labute approximate surface area is 133 Å². The lowest BCUT2D eigenvalue weighted by Crippen LogP contribution is -2.05. The fourth-order valence-corrected chi connectivity index (χ4v) is 3.63. The summed E-state index contributed by atoms with van der Waals surface area (Å²) in [5.74, 6) is 1.62. The standard InChI is InChI=1S/C16H19N3O2S/c1-10-15(13-8-12(20-2)4-5-14(13)21-3)19-11(6-7-17)9-18-16(19)22-10/h4-5,8-9H,6-7,17H2,1-3H3. The van der Waals surface area contributed by atoms with E-state index in [4.69, 9.17) is 15.2 Å². The van der Waals surface area contributed by atoms with Crippen LogP contribution in [0.4, 0.5) is 0 Å². The first-order valence-corrected chi connectivity index (χ1v) is 7.89. The van der Waals surface area contributed by atoms with Crippen molar-refractivity contribution < 1.29 is 9.47 Å². The fourth-order valence-electron chi connectivity index (χ4n) is 2.66. The van der Waals surface area contributed by atoms with Gasteiger partial charge in [-0.1, -0.05) is 0 Å². The van der Waals surface area contributed by atoms with Crippen LogP contribution >= 0.6 is 11.3 Å². The van der Waals surface area contributed by atoms with Crippen LogP contribution in [0.1, 0.15) is 10.6 Å². The Hall–Kier alpha value is -2.05. The van der Waals surface area contributed by atoms with E-state index in [9.17, 15) is 0 Å². The van der Waals surface area contributed by atoms with Crippen molar-refractivity contribution >= 4 is 16.3 Å². The number of aromatic nitrogens is 2. The Morgan fingerprint density at radius 2 is 2.09 bits per heavy atom. The smallest absolute Gasteiger partial charge is 0.194 e. The van der Waals surface area contributed by atoms with Crippen LogP contribution in [0.3, 0.4) is 0 Å². The molecule has 0 atom stereocenters. The predicted molar refractivity (Wildman–Crippen MR) is 89.1 cm³/mol. The molecule has 0 spiro atoms. The van der Waals surface area contributed by atoms with Crippen LogP contribution in [0.25, 0.3) is 16.2 Å². The molecule has 0 radical (unpaired) electrons. The van der Waals surface area contributed by atoms with E-state index < -0.39 is 0 Å². The SMILES string of the molecule is COc1ccc(OC)c(-c2c(C)sc3ncc(CCN)n23)c1. The number of nitrogens with two attached hydrogens (primary N) is 1. The first-order chi connectivity index (χ1) is 10.7. The van der Waals surface area contributed by atoms with Gasteiger partial charge in [0.1, 0.15) is 11.5 Å². The number of thiazole rings is 1. The second-order valence-electron chi connectivity index (χ2n) is 4.98. The minimum atomic E-state index is 0.595. The number of nitrogens with zero attached hydrogens (tertiary/aromatic N) is 2. The van der Waals surface area contributed by atoms with Gasteiger partial charge in [0.25, 0.3) is 0 Å². The summed E-state index contributed by atoms with van der Waals surface area (Å²) in [4.78, 5) is 6.66. The molecule has 3 aromatic rings. The number of aryl methyl sites for hydroxylation is 1. The summed E-state index contributed by atoms with van der Waals surface area (Å²) in [6.07, 6.45) is 2.69. The van der Waals surface area contributed by atoms with Crippen LogP contribution in [0.5, 0.6) is 11.5 Å². The summed E-state index contributed by atoms with van der Waals surface area (Å²) >= 11 is 1.67. The fraction of sp³-hybridized carbons (Fsp3) is 0.312. The van der Waals surface area contributed by atoms with Gasteiger partial charge < -0.3 is 15.2 Å². The molecule has 3 rings (SSSR count). The molecule has 116 valence electrons. The maximum absolute atomic E-state index is 5.73. The number of hydrogen-bond donors (Lipinski definition) is 1. The van der Waals surface area contributed by atoms with Gasteiger partial charge in [0.15, 0.2) is 4.96 Å². The molecule has 0 unspecified atom stereocenters. The lowest BCUT2D eigenvalue weighted by atomic mass is 10.1. The van der Waals surface area contributed by atoms with Crippen LogP contribution in [-0.2, 0) is 6.42 Å². The zero-order chi connectivity index (χ0) is 15.7. The number of hydrogen-bond acceptors (Lipinski definition) is 5. The number of methoxy groups -OCH3 is 2. The van der Waals surface area contributed by atoms with E-state index in [1.165, 1.54) is 4.88 Å². The Morgan fingerprint density at radius 3 is 2.77 bits per heavy atom. The molecule has 2 N–H and O–H groups in total. The topological polar surface area (TPSA) is 61.8 Å².